The monoisotopic (exact) mass is 303 g/mol. The van der Waals surface area contributed by atoms with Crippen molar-refractivity contribution in [2.45, 2.75) is 31.7 Å². The molecule has 1 saturated carbocycles. The summed E-state index contributed by atoms with van der Waals surface area (Å²) in [6.45, 7) is 3.36. The molecule has 0 spiro atoms. The van der Waals surface area contributed by atoms with E-state index in [0.717, 1.165) is 18.4 Å². The largest absolute Gasteiger partial charge is 0.337 e. The van der Waals surface area contributed by atoms with Gasteiger partial charge in [0, 0.05) is 11.4 Å². The maximum atomic E-state index is 13.1. The summed E-state index contributed by atoms with van der Waals surface area (Å²) in [5.41, 5.74) is 0.527. The SMILES string of the molecule is CCN(Cc1cccs1)C(=O)C1(c2ccc(F)cc2)CC1. The molecule has 0 saturated heterocycles. The third-order valence-corrected chi connectivity index (χ3v) is 5.01. The van der Waals surface area contributed by atoms with Crippen molar-refractivity contribution in [2.75, 3.05) is 6.54 Å². The van der Waals surface area contributed by atoms with Gasteiger partial charge in [-0.1, -0.05) is 18.2 Å². The molecule has 1 aliphatic rings. The van der Waals surface area contributed by atoms with Crippen LogP contribution in [0.5, 0.6) is 0 Å². The minimum absolute atomic E-state index is 0.171. The molecule has 110 valence electrons. The number of thiophene rings is 1. The molecule has 1 aliphatic carbocycles. The topological polar surface area (TPSA) is 20.3 Å². The van der Waals surface area contributed by atoms with Gasteiger partial charge in [0.05, 0.1) is 12.0 Å². The van der Waals surface area contributed by atoms with Crippen molar-refractivity contribution in [3.8, 4) is 0 Å². The molecule has 2 aromatic rings. The fraction of sp³-hybridized carbons (Fsp3) is 0.353. The van der Waals surface area contributed by atoms with Crippen molar-refractivity contribution in [3.63, 3.8) is 0 Å². The van der Waals surface area contributed by atoms with Crippen molar-refractivity contribution >= 4 is 17.2 Å². The lowest BCUT2D eigenvalue weighted by molar-refractivity contribution is -0.134. The van der Waals surface area contributed by atoms with Gasteiger partial charge in [0.2, 0.25) is 5.91 Å². The molecule has 2 nitrogen and oxygen atoms in total. The van der Waals surface area contributed by atoms with Gasteiger partial charge in [-0.05, 0) is 48.9 Å². The Labute approximate surface area is 128 Å². The van der Waals surface area contributed by atoms with Crippen LogP contribution in [0.1, 0.15) is 30.2 Å². The molecular formula is C17H18FNOS. The molecule has 1 heterocycles. The van der Waals surface area contributed by atoms with E-state index >= 15 is 0 Å². The van der Waals surface area contributed by atoms with E-state index in [1.165, 1.54) is 17.0 Å². The van der Waals surface area contributed by atoms with Crippen LogP contribution in [0.25, 0.3) is 0 Å². The van der Waals surface area contributed by atoms with Gasteiger partial charge in [0.25, 0.3) is 0 Å². The van der Waals surface area contributed by atoms with Crippen molar-refractivity contribution < 1.29 is 9.18 Å². The van der Waals surface area contributed by atoms with Crippen LogP contribution in [0, 0.1) is 5.82 Å². The fourth-order valence-electron chi connectivity index (χ4n) is 2.74. The van der Waals surface area contributed by atoms with Crippen LogP contribution >= 0.6 is 11.3 Å². The quantitative estimate of drug-likeness (QED) is 0.818. The van der Waals surface area contributed by atoms with E-state index in [2.05, 4.69) is 6.07 Å². The lowest BCUT2D eigenvalue weighted by Gasteiger charge is -2.26. The third-order valence-electron chi connectivity index (χ3n) is 4.15. The molecule has 3 rings (SSSR count). The maximum absolute atomic E-state index is 13.1. The fourth-order valence-corrected chi connectivity index (χ4v) is 3.46. The summed E-state index contributed by atoms with van der Waals surface area (Å²) in [5.74, 6) is -0.0852. The molecule has 0 unspecified atom stereocenters. The predicted molar refractivity (Wildman–Crippen MR) is 82.7 cm³/mol. The van der Waals surface area contributed by atoms with E-state index in [-0.39, 0.29) is 11.7 Å². The number of carbonyl (C=O) groups excluding carboxylic acids is 1. The highest BCUT2D eigenvalue weighted by atomic mass is 32.1. The van der Waals surface area contributed by atoms with E-state index in [9.17, 15) is 9.18 Å². The van der Waals surface area contributed by atoms with Crippen molar-refractivity contribution in [2.24, 2.45) is 0 Å². The summed E-state index contributed by atoms with van der Waals surface area (Å²) in [6, 6.07) is 10.4. The summed E-state index contributed by atoms with van der Waals surface area (Å²) in [5, 5.41) is 2.03. The van der Waals surface area contributed by atoms with Gasteiger partial charge >= 0.3 is 0 Å². The van der Waals surface area contributed by atoms with Crippen LogP contribution in [-0.4, -0.2) is 17.4 Å². The Hall–Kier alpha value is -1.68. The van der Waals surface area contributed by atoms with Gasteiger partial charge in [-0.3, -0.25) is 4.79 Å². The molecule has 0 atom stereocenters. The second-order valence-electron chi connectivity index (χ2n) is 5.49. The highest BCUT2D eigenvalue weighted by molar-refractivity contribution is 7.09. The molecule has 0 radical (unpaired) electrons. The summed E-state index contributed by atoms with van der Waals surface area (Å²) in [4.78, 5) is 16.0. The van der Waals surface area contributed by atoms with Gasteiger partial charge in [0.15, 0.2) is 0 Å². The van der Waals surface area contributed by atoms with Crippen LogP contribution in [0.15, 0.2) is 41.8 Å². The van der Waals surface area contributed by atoms with Crippen LogP contribution in [0.2, 0.25) is 0 Å². The summed E-state index contributed by atoms with van der Waals surface area (Å²) in [6.07, 6.45) is 1.72. The summed E-state index contributed by atoms with van der Waals surface area (Å²) < 4.78 is 13.1. The molecular weight excluding hydrogens is 285 g/mol. The van der Waals surface area contributed by atoms with Crippen LogP contribution in [-0.2, 0) is 16.8 Å². The van der Waals surface area contributed by atoms with E-state index in [4.69, 9.17) is 0 Å². The number of amides is 1. The Morgan fingerprint density at radius 3 is 2.52 bits per heavy atom. The van der Waals surface area contributed by atoms with Gasteiger partial charge in [-0.25, -0.2) is 4.39 Å². The normalized spacial score (nSPS) is 15.7. The van der Waals surface area contributed by atoms with Gasteiger partial charge in [-0.2, -0.15) is 0 Å². The first-order valence-corrected chi connectivity index (χ1v) is 8.11. The number of likely N-dealkylation sites (N-methyl/N-ethyl adjacent to an activating group) is 1. The second kappa shape index (κ2) is 5.60. The summed E-state index contributed by atoms with van der Waals surface area (Å²) in [7, 11) is 0. The van der Waals surface area contributed by atoms with Gasteiger partial charge < -0.3 is 4.90 Å². The Kier molecular flexibility index (Phi) is 3.81. The maximum Gasteiger partial charge on any atom is 0.233 e. The van der Waals surface area contributed by atoms with E-state index in [0.29, 0.717) is 13.1 Å². The summed E-state index contributed by atoms with van der Waals surface area (Å²) >= 11 is 1.67. The first-order chi connectivity index (χ1) is 10.2. The van der Waals surface area contributed by atoms with E-state index in [1.807, 2.05) is 23.3 Å². The number of benzene rings is 1. The smallest absolute Gasteiger partial charge is 0.233 e. The van der Waals surface area contributed by atoms with Crippen molar-refractivity contribution in [3.05, 3.63) is 58.0 Å². The third kappa shape index (κ3) is 2.72. The van der Waals surface area contributed by atoms with Crippen LogP contribution in [0.4, 0.5) is 4.39 Å². The molecule has 1 aromatic heterocycles. The van der Waals surface area contributed by atoms with Gasteiger partial charge in [0.1, 0.15) is 5.82 Å². The number of carbonyl (C=O) groups is 1. The second-order valence-corrected chi connectivity index (χ2v) is 6.52. The number of halogens is 1. The Bertz CT molecular complexity index is 617. The molecule has 0 bridgehead atoms. The van der Waals surface area contributed by atoms with Crippen molar-refractivity contribution in [1.82, 2.24) is 4.90 Å². The Morgan fingerprint density at radius 2 is 2.00 bits per heavy atom. The van der Waals surface area contributed by atoms with Crippen molar-refractivity contribution in [1.29, 1.82) is 0 Å². The molecule has 0 N–H and O–H groups in total. The van der Waals surface area contributed by atoms with E-state index < -0.39 is 5.41 Å². The predicted octanol–water partition coefficient (Wildman–Crippen LogP) is 3.97. The Morgan fingerprint density at radius 1 is 1.29 bits per heavy atom. The standard InChI is InChI=1S/C17H18FNOS/c1-2-19(12-15-4-3-11-21-15)16(20)17(9-10-17)13-5-7-14(18)8-6-13/h3-8,11H,2,9-10,12H2,1H3. The minimum atomic E-state index is -0.416. The highest BCUT2D eigenvalue weighted by Gasteiger charge is 2.52. The zero-order valence-electron chi connectivity index (χ0n) is 12.0. The molecule has 1 amide bonds. The average Bonchev–Trinajstić information content (AvgIpc) is 3.15. The zero-order chi connectivity index (χ0) is 14.9. The molecule has 1 fully saturated rings. The number of nitrogens with zero attached hydrogens (tertiary/aromatic N) is 1. The first-order valence-electron chi connectivity index (χ1n) is 7.23. The lowest BCUT2D eigenvalue weighted by Crippen LogP contribution is -2.38. The van der Waals surface area contributed by atoms with Gasteiger partial charge in [-0.15, -0.1) is 11.3 Å². The minimum Gasteiger partial charge on any atom is -0.337 e. The zero-order valence-corrected chi connectivity index (χ0v) is 12.8. The van der Waals surface area contributed by atoms with Crippen LogP contribution < -0.4 is 0 Å². The molecule has 1 aromatic carbocycles. The molecule has 4 heteroatoms. The molecule has 21 heavy (non-hydrogen) atoms. The average molecular weight is 303 g/mol. The lowest BCUT2D eigenvalue weighted by atomic mass is 9.94. The number of hydrogen-bond donors (Lipinski definition) is 0. The number of hydrogen-bond acceptors (Lipinski definition) is 2. The number of rotatable bonds is 5. The Balaban J connectivity index is 1.81. The molecule has 0 aliphatic heterocycles. The van der Waals surface area contributed by atoms with E-state index in [1.54, 1.807) is 23.5 Å². The first kappa shape index (κ1) is 14.3. The van der Waals surface area contributed by atoms with Crippen LogP contribution in [0.3, 0.4) is 0 Å². The highest BCUT2D eigenvalue weighted by Crippen LogP contribution is 2.49.